The van der Waals surface area contributed by atoms with E-state index < -0.39 is 5.91 Å². The van der Waals surface area contributed by atoms with Crippen LogP contribution >= 0.6 is 34.7 Å². The van der Waals surface area contributed by atoms with Gasteiger partial charge in [0.1, 0.15) is 5.01 Å². The molecule has 24 heavy (non-hydrogen) atoms. The minimum atomic E-state index is -0.430. The van der Waals surface area contributed by atoms with E-state index in [0.717, 1.165) is 10.6 Å². The molecule has 2 aromatic heterocycles. The van der Waals surface area contributed by atoms with Crippen LogP contribution in [0.3, 0.4) is 0 Å². The Bertz CT molecular complexity index is 856. The van der Waals surface area contributed by atoms with Crippen LogP contribution in [-0.4, -0.2) is 26.1 Å². The smallest absolute Gasteiger partial charge is 0.277 e. The molecule has 9 heteroatoms. The number of nitrogens with zero attached hydrogens (tertiary/aromatic N) is 4. The quantitative estimate of drug-likeness (QED) is 0.537. The summed E-state index contributed by atoms with van der Waals surface area (Å²) in [5.41, 5.74) is 1.27. The lowest BCUT2D eigenvalue weighted by Crippen LogP contribution is -2.15. The molecule has 0 unspecified atom stereocenters. The number of amides is 1. The molecule has 0 saturated carbocycles. The van der Waals surface area contributed by atoms with Crippen molar-refractivity contribution in [2.45, 2.75) is 17.8 Å². The number of carbonyl (C=O) groups excluding carboxylic acids is 1. The van der Waals surface area contributed by atoms with Crippen LogP contribution in [0.1, 0.15) is 21.1 Å². The lowest BCUT2D eigenvalue weighted by atomic mass is 10.2. The van der Waals surface area contributed by atoms with Crippen molar-refractivity contribution < 1.29 is 4.79 Å². The van der Waals surface area contributed by atoms with Crippen molar-refractivity contribution in [3.63, 3.8) is 0 Å². The third-order valence-electron chi connectivity index (χ3n) is 2.89. The van der Waals surface area contributed by atoms with Crippen LogP contribution in [0.5, 0.6) is 0 Å². The maximum absolute atomic E-state index is 12.3. The Hall–Kier alpha value is -2.03. The number of aryl methyl sites for hydroxylation is 1. The van der Waals surface area contributed by atoms with Crippen LogP contribution in [0.25, 0.3) is 0 Å². The molecule has 3 rings (SSSR count). The first-order valence-electron chi connectivity index (χ1n) is 6.92. The molecule has 0 aliphatic heterocycles. The lowest BCUT2D eigenvalue weighted by molar-refractivity contribution is 0.102. The number of nitrogens with one attached hydrogen (secondary N) is 1. The lowest BCUT2D eigenvalue weighted by Gasteiger charge is -2.05. The Morgan fingerprint density at radius 3 is 2.79 bits per heavy atom. The van der Waals surface area contributed by atoms with E-state index in [4.69, 9.17) is 11.6 Å². The molecule has 1 aromatic carbocycles. The molecule has 1 amide bonds. The van der Waals surface area contributed by atoms with Crippen molar-refractivity contribution in [1.29, 1.82) is 0 Å². The van der Waals surface area contributed by atoms with Gasteiger partial charge in [-0.3, -0.25) is 10.1 Å². The Kier molecular flexibility index (Phi) is 5.39. The molecule has 0 saturated heterocycles. The van der Waals surface area contributed by atoms with Crippen LogP contribution in [0, 0.1) is 6.92 Å². The summed E-state index contributed by atoms with van der Waals surface area (Å²) in [5, 5.41) is 12.2. The molecule has 122 valence electrons. The van der Waals surface area contributed by atoms with Gasteiger partial charge in [0.2, 0.25) is 5.13 Å². The van der Waals surface area contributed by atoms with Gasteiger partial charge in [0.05, 0.1) is 11.2 Å². The van der Waals surface area contributed by atoms with E-state index in [1.54, 1.807) is 0 Å². The van der Waals surface area contributed by atoms with E-state index in [1.807, 2.05) is 37.3 Å². The zero-order valence-corrected chi connectivity index (χ0v) is 15.0. The summed E-state index contributed by atoms with van der Waals surface area (Å²) in [6, 6.07) is 9.95. The number of rotatable bonds is 5. The SMILES string of the molecule is Cc1nnc(NC(=O)c2nc(SCc3ccccc3)ncc2Cl)s1. The average Bonchev–Trinajstić information content (AvgIpc) is 3.00. The van der Waals surface area contributed by atoms with Gasteiger partial charge in [0.25, 0.3) is 5.91 Å². The van der Waals surface area contributed by atoms with E-state index in [2.05, 4.69) is 25.5 Å². The summed E-state index contributed by atoms with van der Waals surface area (Å²) in [7, 11) is 0. The summed E-state index contributed by atoms with van der Waals surface area (Å²) in [4.78, 5) is 20.7. The largest absolute Gasteiger partial charge is 0.295 e. The third kappa shape index (κ3) is 4.28. The van der Waals surface area contributed by atoms with Crippen LogP contribution < -0.4 is 5.32 Å². The van der Waals surface area contributed by atoms with Gasteiger partial charge in [0, 0.05) is 5.75 Å². The van der Waals surface area contributed by atoms with Gasteiger partial charge >= 0.3 is 0 Å². The van der Waals surface area contributed by atoms with E-state index >= 15 is 0 Å². The van der Waals surface area contributed by atoms with Crippen LogP contribution in [0.15, 0.2) is 41.7 Å². The Morgan fingerprint density at radius 2 is 2.08 bits per heavy atom. The van der Waals surface area contributed by atoms with E-state index in [9.17, 15) is 4.79 Å². The Labute approximate surface area is 151 Å². The number of hydrogen-bond donors (Lipinski definition) is 1. The van der Waals surface area contributed by atoms with Gasteiger partial charge < -0.3 is 0 Å². The first kappa shape index (κ1) is 16.8. The number of thioether (sulfide) groups is 1. The van der Waals surface area contributed by atoms with Gasteiger partial charge in [-0.05, 0) is 12.5 Å². The molecule has 0 spiro atoms. The fraction of sp³-hybridized carbons (Fsp3) is 0.133. The van der Waals surface area contributed by atoms with E-state index in [0.29, 0.717) is 16.0 Å². The van der Waals surface area contributed by atoms with Gasteiger partial charge in [-0.2, -0.15) is 0 Å². The van der Waals surface area contributed by atoms with Crippen molar-refractivity contribution in [3.8, 4) is 0 Å². The van der Waals surface area contributed by atoms with E-state index in [-0.39, 0.29) is 10.7 Å². The summed E-state index contributed by atoms with van der Waals surface area (Å²) in [6.45, 7) is 1.81. The standard InChI is InChI=1S/C15H12ClN5OS2/c1-9-20-21-15(24-9)19-13(22)12-11(16)7-17-14(18-12)23-8-10-5-3-2-4-6-10/h2-7H,8H2,1H3,(H,19,21,22). The number of anilines is 1. The minimum Gasteiger partial charge on any atom is -0.295 e. The topological polar surface area (TPSA) is 80.7 Å². The molecule has 0 bridgehead atoms. The zero-order chi connectivity index (χ0) is 16.9. The average molecular weight is 378 g/mol. The third-order valence-corrected chi connectivity index (χ3v) is 4.86. The normalized spacial score (nSPS) is 10.6. The zero-order valence-electron chi connectivity index (χ0n) is 12.6. The van der Waals surface area contributed by atoms with Crippen molar-refractivity contribution in [2.24, 2.45) is 0 Å². The van der Waals surface area contributed by atoms with Crippen molar-refractivity contribution in [2.75, 3.05) is 5.32 Å². The van der Waals surface area contributed by atoms with Gasteiger partial charge in [-0.1, -0.05) is 65.0 Å². The Balaban J connectivity index is 1.72. The second-order valence-electron chi connectivity index (χ2n) is 4.70. The fourth-order valence-corrected chi connectivity index (χ4v) is 3.34. The monoisotopic (exact) mass is 377 g/mol. The van der Waals surface area contributed by atoms with Crippen LogP contribution in [0.2, 0.25) is 5.02 Å². The number of benzene rings is 1. The van der Waals surface area contributed by atoms with E-state index in [1.165, 1.54) is 29.3 Å². The van der Waals surface area contributed by atoms with Gasteiger partial charge in [0.15, 0.2) is 10.9 Å². The number of carbonyl (C=O) groups is 1. The molecule has 0 fully saturated rings. The molecular formula is C15H12ClN5OS2. The number of halogens is 1. The predicted octanol–water partition coefficient (Wildman–Crippen LogP) is 3.83. The van der Waals surface area contributed by atoms with Crippen molar-refractivity contribution >= 4 is 45.7 Å². The maximum Gasteiger partial charge on any atom is 0.277 e. The highest BCUT2D eigenvalue weighted by atomic mass is 35.5. The number of hydrogen-bond acceptors (Lipinski definition) is 7. The van der Waals surface area contributed by atoms with Crippen molar-refractivity contribution in [3.05, 3.63) is 57.8 Å². The first-order chi connectivity index (χ1) is 11.6. The predicted molar refractivity (Wildman–Crippen MR) is 95.6 cm³/mol. The summed E-state index contributed by atoms with van der Waals surface area (Å²) in [5.74, 6) is 0.277. The van der Waals surface area contributed by atoms with Crippen molar-refractivity contribution in [1.82, 2.24) is 20.2 Å². The molecule has 0 radical (unpaired) electrons. The summed E-state index contributed by atoms with van der Waals surface area (Å²) in [6.07, 6.45) is 1.43. The van der Waals surface area contributed by atoms with Gasteiger partial charge in [-0.15, -0.1) is 10.2 Å². The molecule has 1 N–H and O–H groups in total. The number of aromatic nitrogens is 4. The highest BCUT2D eigenvalue weighted by Crippen LogP contribution is 2.23. The second-order valence-corrected chi connectivity index (χ2v) is 7.24. The molecule has 0 atom stereocenters. The summed E-state index contributed by atoms with van der Waals surface area (Å²) < 4.78 is 0. The highest BCUT2D eigenvalue weighted by molar-refractivity contribution is 7.98. The van der Waals surface area contributed by atoms with Crippen LogP contribution in [-0.2, 0) is 5.75 Å². The molecule has 6 nitrogen and oxygen atoms in total. The Morgan fingerprint density at radius 1 is 1.29 bits per heavy atom. The van der Waals surface area contributed by atoms with Gasteiger partial charge in [-0.25, -0.2) is 9.97 Å². The highest BCUT2D eigenvalue weighted by Gasteiger charge is 2.16. The molecule has 0 aliphatic carbocycles. The fourth-order valence-electron chi connectivity index (χ4n) is 1.81. The molecule has 2 heterocycles. The maximum atomic E-state index is 12.3. The molecule has 3 aromatic rings. The van der Waals surface area contributed by atoms with Crippen LogP contribution in [0.4, 0.5) is 5.13 Å². The summed E-state index contributed by atoms with van der Waals surface area (Å²) >= 11 is 8.77. The molecule has 0 aliphatic rings. The minimum absolute atomic E-state index is 0.120. The molecular weight excluding hydrogens is 366 g/mol. The first-order valence-corrected chi connectivity index (χ1v) is 9.10. The second kappa shape index (κ2) is 7.69.